The molecular weight excluding hydrogens is 270 g/mol. The first kappa shape index (κ1) is 13.6. The van der Waals surface area contributed by atoms with E-state index in [1.165, 1.54) is 0 Å². The van der Waals surface area contributed by atoms with Gasteiger partial charge in [0.2, 0.25) is 0 Å². The third kappa shape index (κ3) is 2.89. The van der Waals surface area contributed by atoms with Gasteiger partial charge < -0.3 is 15.2 Å². The fourth-order valence-corrected chi connectivity index (χ4v) is 2.43. The van der Waals surface area contributed by atoms with Gasteiger partial charge in [-0.2, -0.15) is 0 Å². The second-order valence-electron chi connectivity index (χ2n) is 5.04. The Morgan fingerprint density at radius 3 is 3.10 bits per heavy atom. The molecule has 110 valence electrons. The molecule has 1 aromatic heterocycles. The van der Waals surface area contributed by atoms with Crippen LogP contribution in [0.5, 0.6) is 0 Å². The Bertz CT molecular complexity index is 595. The van der Waals surface area contributed by atoms with E-state index in [0.717, 1.165) is 25.1 Å². The van der Waals surface area contributed by atoms with Gasteiger partial charge >= 0.3 is 5.97 Å². The van der Waals surface area contributed by atoms with Crippen LogP contribution in [-0.2, 0) is 16.0 Å². The predicted molar refractivity (Wildman–Crippen MR) is 77.0 cm³/mol. The van der Waals surface area contributed by atoms with E-state index in [4.69, 9.17) is 4.74 Å². The van der Waals surface area contributed by atoms with Crippen molar-refractivity contribution in [1.29, 1.82) is 0 Å². The number of aliphatic imine (C=N–C) groups is 1. The number of esters is 1. The number of aliphatic hydroxyl groups excluding tert-OH is 1. The van der Waals surface area contributed by atoms with E-state index in [0.29, 0.717) is 18.8 Å². The van der Waals surface area contributed by atoms with Crippen LogP contribution in [0.1, 0.15) is 18.5 Å². The third-order valence-electron chi connectivity index (χ3n) is 3.52. The largest absolute Gasteiger partial charge is 0.507 e. The molecule has 0 spiro atoms. The van der Waals surface area contributed by atoms with Gasteiger partial charge in [-0.25, -0.2) is 4.79 Å². The van der Waals surface area contributed by atoms with Crippen LogP contribution < -0.4 is 5.32 Å². The highest BCUT2D eigenvalue weighted by Crippen LogP contribution is 2.24. The fourth-order valence-electron chi connectivity index (χ4n) is 2.43. The van der Waals surface area contributed by atoms with Crippen LogP contribution in [0.4, 0.5) is 0 Å². The zero-order valence-corrected chi connectivity index (χ0v) is 11.6. The average Bonchev–Trinajstić information content (AvgIpc) is 2.70. The lowest BCUT2D eigenvalue weighted by atomic mass is 10.1. The Morgan fingerprint density at radius 1 is 1.38 bits per heavy atom. The van der Waals surface area contributed by atoms with Crippen molar-refractivity contribution in [3.63, 3.8) is 0 Å². The maximum Gasteiger partial charge on any atom is 0.346 e. The van der Waals surface area contributed by atoms with Crippen LogP contribution in [0, 0.1) is 0 Å². The van der Waals surface area contributed by atoms with Crippen LogP contribution >= 0.6 is 0 Å². The van der Waals surface area contributed by atoms with Gasteiger partial charge in [-0.3, -0.25) is 9.98 Å². The lowest BCUT2D eigenvalue weighted by Crippen LogP contribution is -2.28. The van der Waals surface area contributed by atoms with Crippen molar-refractivity contribution in [1.82, 2.24) is 10.3 Å². The summed E-state index contributed by atoms with van der Waals surface area (Å²) in [5.74, 6) is -0.140. The number of aliphatic hydroxyl groups is 1. The molecule has 1 aromatic rings. The molecule has 0 aliphatic carbocycles. The molecule has 21 heavy (non-hydrogen) atoms. The highest BCUT2D eigenvalue weighted by atomic mass is 16.6. The van der Waals surface area contributed by atoms with Crippen molar-refractivity contribution in [3.8, 4) is 0 Å². The maximum absolute atomic E-state index is 12.0. The van der Waals surface area contributed by atoms with Gasteiger partial charge in [-0.1, -0.05) is 6.07 Å². The third-order valence-corrected chi connectivity index (χ3v) is 3.52. The minimum Gasteiger partial charge on any atom is -0.507 e. The predicted octanol–water partition coefficient (Wildman–Crippen LogP) is 1.14. The zero-order valence-electron chi connectivity index (χ0n) is 11.6. The lowest BCUT2D eigenvalue weighted by Gasteiger charge is -2.09. The minimum absolute atomic E-state index is 0.0567. The van der Waals surface area contributed by atoms with Crippen molar-refractivity contribution in [3.05, 3.63) is 41.4 Å². The molecule has 0 saturated heterocycles. The molecule has 2 N–H and O–H groups in total. The van der Waals surface area contributed by atoms with E-state index in [1.807, 2.05) is 18.2 Å². The van der Waals surface area contributed by atoms with Crippen LogP contribution in [-0.4, -0.2) is 41.1 Å². The van der Waals surface area contributed by atoms with Crippen LogP contribution in [0.15, 0.2) is 40.7 Å². The molecule has 0 amide bonds. The van der Waals surface area contributed by atoms with Crippen molar-refractivity contribution in [2.45, 2.75) is 25.4 Å². The van der Waals surface area contributed by atoms with Crippen LogP contribution in [0.3, 0.4) is 0 Å². The number of amidine groups is 1. The second-order valence-corrected chi connectivity index (χ2v) is 5.04. The molecule has 0 saturated carbocycles. The zero-order chi connectivity index (χ0) is 14.7. The molecule has 6 nitrogen and oxygen atoms in total. The number of nitrogens with one attached hydrogen (secondary N) is 1. The average molecular weight is 287 g/mol. The first-order chi connectivity index (χ1) is 10.3. The summed E-state index contributed by atoms with van der Waals surface area (Å²) in [6.07, 6.45) is 3.31. The standard InChI is InChI=1S/C15H17N3O3/c19-13-11(9-10-5-1-2-6-16-10)21-15(20)12(13)14-17-7-3-4-8-18-14/h1-2,5-6,11,19H,3-4,7-9H2,(H,17,18). The summed E-state index contributed by atoms with van der Waals surface area (Å²) in [6, 6.07) is 5.51. The van der Waals surface area contributed by atoms with E-state index in [9.17, 15) is 9.90 Å². The Kier molecular flexibility index (Phi) is 3.85. The van der Waals surface area contributed by atoms with Gasteiger partial charge in [0.25, 0.3) is 0 Å². The maximum atomic E-state index is 12.0. The minimum atomic E-state index is -0.685. The number of hydrogen-bond acceptors (Lipinski definition) is 6. The Hall–Kier alpha value is -2.37. The molecule has 3 heterocycles. The Balaban J connectivity index is 1.82. The molecule has 2 aliphatic heterocycles. The van der Waals surface area contributed by atoms with Gasteiger partial charge in [0.1, 0.15) is 11.4 Å². The SMILES string of the molecule is O=C1OC(Cc2ccccn2)C(O)=C1C1=NCCCCN1. The van der Waals surface area contributed by atoms with Crippen LogP contribution in [0.2, 0.25) is 0 Å². The molecule has 0 radical (unpaired) electrons. The van der Waals surface area contributed by atoms with Crippen molar-refractivity contribution in [2.24, 2.45) is 4.99 Å². The molecular formula is C15H17N3O3. The smallest absolute Gasteiger partial charge is 0.346 e. The molecule has 2 aliphatic rings. The molecule has 0 fully saturated rings. The molecule has 6 heteroatoms. The topological polar surface area (TPSA) is 83.8 Å². The molecule has 1 atom stereocenters. The van der Waals surface area contributed by atoms with Crippen LogP contribution in [0.25, 0.3) is 0 Å². The fraction of sp³-hybridized carbons (Fsp3) is 0.400. The molecule has 1 unspecified atom stereocenters. The number of carbonyl (C=O) groups is 1. The Labute approximate surface area is 122 Å². The summed E-state index contributed by atoms with van der Waals surface area (Å²) in [4.78, 5) is 20.5. The summed E-state index contributed by atoms with van der Waals surface area (Å²) in [5, 5.41) is 13.4. The normalized spacial score (nSPS) is 22.4. The van der Waals surface area contributed by atoms with E-state index in [-0.39, 0.29) is 11.3 Å². The summed E-state index contributed by atoms with van der Waals surface area (Å²) in [5.41, 5.74) is 0.927. The quantitative estimate of drug-likeness (QED) is 0.815. The van der Waals surface area contributed by atoms with Crippen molar-refractivity contribution >= 4 is 11.8 Å². The summed E-state index contributed by atoms with van der Waals surface area (Å²) in [7, 11) is 0. The lowest BCUT2D eigenvalue weighted by molar-refractivity contribution is -0.139. The van der Waals surface area contributed by atoms with Gasteiger partial charge in [0.05, 0.1) is 0 Å². The first-order valence-electron chi connectivity index (χ1n) is 7.08. The number of ether oxygens (including phenoxy) is 1. The highest BCUT2D eigenvalue weighted by Gasteiger charge is 2.37. The van der Waals surface area contributed by atoms with E-state index < -0.39 is 12.1 Å². The second kappa shape index (κ2) is 5.95. The number of hydrogen-bond donors (Lipinski definition) is 2. The van der Waals surface area contributed by atoms with Gasteiger partial charge in [-0.15, -0.1) is 0 Å². The molecule has 0 aromatic carbocycles. The number of pyridine rings is 1. The summed E-state index contributed by atoms with van der Waals surface area (Å²) < 4.78 is 5.26. The Morgan fingerprint density at radius 2 is 2.29 bits per heavy atom. The number of aromatic nitrogens is 1. The summed E-state index contributed by atoms with van der Waals surface area (Å²) in [6.45, 7) is 1.39. The number of cyclic esters (lactones) is 1. The monoisotopic (exact) mass is 287 g/mol. The van der Waals surface area contributed by atoms with Gasteiger partial charge in [0.15, 0.2) is 11.9 Å². The van der Waals surface area contributed by atoms with E-state index in [1.54, 1.807) is 6.20 Å². The number of nitrogens with zero attached hydrogens (tertiary/aromatic N) is 2. The highest BCUT2D eigenvalue weighted by molar-refractivity contribution is 6.20. The number of carbonyl (C=O) groups excluding carboxylic acids is 1. The van der Waals surface area contributed by atoms with Gasteiger partial charge in [-0.05, 0) is 25.0 Å². The first-order valence-corrected chi connectivity index (χ1v) is 7.08. The molecule has 3 rings (SSSR count). The van der Waals surface area contributed by atoms with E-state index in [2.05, 4.69) is 15.3 Å². The van der Waals surface area contributed by atoms with Gasteiger partial charge in [0, 0.05) is 31.4 Å². The molecule has 0 bridgehead atoms. The van der Waals surface area contributed by atoms with E-state index >= 15 is 0 Å². The van der Waals surface area contributed by atoms with Crippen molar-refractivity contribution in [2.75, 3.05) is 13.1 Å². The summed E-state index contributed by atoms with van der Waals surface area (Å²) >= 11 is 0. The number of rotatable bonds is 3. The van der Waals surface area contributed by atoms with Crippen molar-refractivity contribution < 1.29 is 14.6 Å².